The topological polar surface area (TPSA) is 15.7 Å². The van der Waals surface area contributed by atoms with Crippen molar-refractivity contribution in [2.24, 2.45) is 0 Å². The summed E-state index contributed by atoms with van der Waals surface area (Å²) in [6.07, 6.45) is 1.28. The van der Waals surface area contributed by atoms with Gasteiger partial charge in [0.05, 0.1) is 13.2 Å². The maximum absolute atomic E-state index is 5.45. The predicted octanol–water partition coefficient (Wildman–Crippen LogP) is 1.97. The fraction of sp³-hybridized carbons (Fsp3) is 1.00. The molecule has 0 aromatic rings. The normalized spacial score (nSPS) is 31.9. The summed E-state index contributed by atoms with van der Waals surface area (Å²) in [4.78, 5) is 5.29. The summed E-state index contributed by atoms with van der Waals surface area (Å²) < 4.78 is 5.45. The molecule has 2 rings (SSSR count). The van der Waals surface area contributed by atoms with E-state index in [1.54, 1.807) is 0 Å². The lowest BCUT2D eigenvalue weighted by Gasteiger charge is -2.42. The molecule has 2 aliphatic heterocycles. The van der Waals surface area contributed by atoms with Crippen LogP contribution in [0.3, 0.4) is 0 Å². The van der Waals surface area contributed by atoms with Gasteiger partial charge in [0.1, 0.15) is 0 Å². The number of nitrogens with zero attached hydrogens (tertiary/aromatic N) is 2. The summed E-state index contributed by atoms with van der Waals surface area (Å²) in [5, 5.41) is 0. The molecule has 0 N–H and O–H groups in total. The highest BCUT2D eigenvalue weighted by Gasteiger charge is 2.45. The second kappa shape index (κ2) is 4.52. The molecule has 2 aliphatic rings. The molecule has 0 amide bonds. The largest absolute Gasteiger partial charge is 0.379 e. The Labute approximate surface area is 106 Å². The molecule has 100 valence electrons. The van der Waals surface area contributed by atoms with Crippen molar-refractivity contribution in [3.05, 3.63) is 0 Å². The molecule has 1 atom stereocenters. The minimum absolute atomic E-state index is 0.268. The van der Waals surface area contributed by atoms with Crippen molar-refractivity contribution >= 4 is 0 Å². The van der Waals surface area contributed by atoms with Crippen LogP contribution in [0.25, 0.3) is 0 Å². The predicted molar refractivity (Wildman–Crippen MR) is 71.3 cm³/mol. The van der Waals surface area contributed by atoms with Gasteiger partial charge < -0.3 is 4.74 Å². The summed E-state index contributed by atoms with van der Waals surface area (Å²) in [7, 11) is 0. The molecule has 3 heteroatoms. The van der Waals surface area contributed by atoms with Crippen LogP contribution in [0.5, 0.6) is 0 Å². The van der Waals surface area contributed by atoms with Gasteiger partial charge in [-0.3, -0.25) is 9.80 Å². The van der Waals surface area contributed by atoms with E-state index in [9.17, 15) is 0 Å². The van der Waals surface area contributed by atoms with E-state index in [1.165, 1.54) is 13.0 Å². The maximum atomic E-state index is 5.45. The highest BCUT2D eigenvalue weighted by Crippen LogP contribution is 2.36. The van der Waals surface area contributed by atoms with Crippen LogP contribution >= 0.6 is 0 Å². The van der Waals surface area contributed by atoms with E-state index in [1.807, 2.05) is 0 Å². The number of hydrogen-bond donors (Lipinski definition) is 0. The van der Waals surface area contributed by atoms with Crippen molar-refractivity contribution in [3.63, 3.8) is 0 Å². The van der Waals surface area contributed by atoms with Gasteiger partial charge in [-0.1, -0.05) is 0 Å². The monoisotopic (exact) mass is 240 g/mol. The van der Waals surface area contributed by atoms with Crippen LogP contribution in [0.15, 0.2) is 0 Å². The van der Waals surface area contributed by atoms with Crippen molar-refractivity contribution in [2.75, 3.05) is 32.8 Å². The molecule has 0 aromatic heterocycles. The van der Waals surface area contributed by atoms with Gasteiger partial charge in [0.2, 0.25) is 0 Å². The molecule has 0 saturated carbocycles. The Morgan fingerprint density at radius 3 is 2.18 bits per heavy atom. The lowest BCUT2D eigenvalue weighted by atomic mass is 9.95. The molecule has 2 heterocycles. The molecule has 2 saturated heterocycles. The smallest absolute Gasteiger partial charge is 0.0594 e. The second-order valence-corrected chi connectivity index (χ2v) is 7.10. The van der Waals surface area contributed by atoms with Crippen molar-refractivity contribution in [1.29, 1.82) is 0 Å². The van der Waals surface area contributed by atoms with E-state index in [0.29, 0.717) is 11.6 Å². The average Bonchev–Trinajstić information content (AvgIpc) is 2.55. The number of hydrogen-bond acceptors (Lipinski definition) is 3. The molecule has 0 aliphatic carbocycles. The first kappa shape index (κ1) is 13.3. The molecular weight excluding hydrogens is 212 g/mol. The maximum Gasteiger partial charge on any atom is 0.0594 e. The molecule has 17 heavy (non-hydrogen) atoms. The Balaban J connectivity index is 2.04. The third-order valence-corrected chi connectivity index (χ3v) is 4.23. The van der Waals surface area contributed by atoms with Crippen LogP contribution in [0.1, 0.15) is 41.0 Å². The lowest BCUT2D eigenvalue weighted by molar-refractivity contribution is 0.0158. The first-order chi connectivity index (χ1) is 7.81. The standard InChI is InChI=1S/C14H28N2O/c1-13(2,3)16-11-12(10-14(16,4)5)15-6-8-17-9-7-15/h12H,6-11H2,1-5H3. The summed E-state index contributed by atoms with van der Waals surface area (Å²) in [6.45, 7) is 17.0. The quantitative estimate of drug-likeness (QED) is 0.697. The number of ether oxygens (including phenoxy) is 1. The van der Waals surface area contributed by atoms with E-state index in [2.05, 4.69) is 44.4 Å². The van der Waals surface area contributed by atoms with Gasteiger partial charge in [0.25, 0.3) is 0 Å². The van der Waals surface area contributed by atoms with Gasteiger partial charge in [-0.05, 0) is 41.0 Å². The SMILES string of the molecule is CC(C)(C)N1CC(N2CCOCC2)CC1(C)C. The second-order valence-electron chi connectivity index (χ2n) is 7.10. The number of morpholine rings is 1. The van der Waals surface area contributed by atoms with E-state index in [0.717, 1.165) is 26.3 Å². The van der Waals surface area contributed by atoms with E-state index >= 15 is 0 Å². The summed E-state index contributed by atoms with van der Waals surface area (Å²) in [5.74, 6) is 0. The van der Waals surface area contributed by atoms with Crippen LogP contribution in [0.2, 0.25) is 0 Å². The van der Waals surface area contributed by atoms with E-state index in [4.69, 9.17) is 4.74 Å². The molecule has 2 fully saturated rings. The lowest BCUT2D eigenvalue weighted by Crippen LogP contribution is -2.50. The Bertz CT molecular complexity index is 264. The van der Waals surface area contributed by atoms with Gasteiger partial charge in [0, 0.05) is 36.8 Å². The molecule has 0 radical (unpaired) electrons. The van der Waals surface area contributed by atoms with E-state index < -0.39 is 0 Å². The van der Waals surface area contributed by atoms with Crippen LogP contribution in [-0.4, -0.2) is 59.8 Å². The average molecular weight is 240 g/mol. The Morgan fingerprint density at radius 1 is 1.12 bits per heavy atom. The highest BCUT2D eigenvalue weighted by molar-refractivity contribution is 5.01. The molecular formula is C14H28N2O. The summed E-state index contributed by atoms with van der Waals surface area (Å²) in [5.41, 5.74) is 0.589. The number of likely N-dealkylation sites (tertiary alicyclic amines) is 1. The molecule has 3 nitrogen and oxygen atoms in total. The third-order valence-electron chi connectivity index (χ3n) is 4.23. The van der Waals surface area contributed by atoms with Crippen molar-refractivity contribution in [2.45, 2.75) is 58.2 Å². The van der Waals surface area contributed by atoms with Gasteiger partial charge >= 0.3 is 0 Å². The van der Waals surface area contributed by atoms with E-state index in [-0.39, 0.29) is 5.54 Å². The minimum atomic E-state index is 0.268. The Hall–Kier alpha value is -0.120. The van der Waals surface area contributed by atoms with Gasteiger partial charge in [-0.15, -0.1) is 0 Å². The summed E-state index contributed by atoms with van der Waals surface area (Å²) in [6, 6.07) is 0.716. The molecule has 0 spiro atoms. The Kier molecular flexibility index (Phi) is 3.54. The van der Waals surface area contributed by atoms with Crippen LogP contribution in [0, 0.1) is 0 Å². The van der Waals surface area contributed by atoms with Crippen LogP contribution in [-0.2, 0) is 4.74 Å². The fourth-order valence-electron chi connectivity index (χ4n) is 3.58. The van der Waals surface area contributed by atoms with Crippen molar-refractivity contribution in [3.8, 4) is 0 Å². The summed E-state index contributed by atoms with van der Waals surface area (Å²) >= 11 is 0. The van der Waals surface area contributed by atoms with Gasteiger partial charge in [-0.25, -0.2) is 0 Å². The Morgan fingerprint density at radius 2 is 1.71 bits per heavy atom. The van der Waals surface area contributed by atoms with Crippen molar-refractivity contribution < 1.29 is 4.74 Å². The first-order valence-electron chi connectivity index (χ1n) is 6.90. The number of rotatable bonds is 1. The molecule has 0 aromatic carbocycles. The highest BCUT2D eigenvalue weighted by atomic mass is 16.5. The fourth-order valence-corrected chi connectivity index (χ4v) is 3.58. The van der Waals surface area contributed by atoms with Crippen LogP contribution in [0.4, 0.5) is 0 Å². The van der Waals surface area contributed by atoms with Crippen molar-refractivity contribution in [1.82, 2.24) is 9.80 Å². The zero-order valence-corrected chi connectivity index (χ0v) is 12.1. The minimum Gasteiger partial charge on any atom is -0.379 e. The zero-order valence-electron chi connectivity index (χ0n) is 12.1. The molecule has 1 unspecified atom stereocenters. The van der Waals surface area contributed by atoms with Gasteiger partial charge in [0.15, 0.2) is 0 Å². The molecule has 0 bridgehead atoms. The zero-order chi connectivity index (χ0) is 12.7. The van der Waals surface area contributed by atoms with Gasteiger partial charge in [-0.2, -0.15) is 0 Å². The third kappa shape index (κ3) is 2.83. The van der Waals surface area contributed by atoms with Crippen LogP contribution < -0.4 is 0 Å². The first-order valence-corrected chi connectivity index (χ1v) is 6.90.